The van der Waals surface area contributed by atoms with Gasteiger partial charge in [0, 0.05) is 6.07 Å². The average molecular weight is 324 g/mol. The van der Waals surface area contributed by atoms with Crippen LogP contribution >= 0.6 is 0 Å². The molecule has 3 rings (SSSR count). The Bertz CT molecular complexity index is 784. The highest BCUT2D eigenvalue weighted by Gasteiger charge is 2.51. The van der Waals surface area contributed by atoms with Crippen molar-refractivity contribution in [3.63, 3.8) is 0 Å². The summed E-state index contributed by atoms with van der Waals surface area (Å²) < 4.78 is 42.4. The van der Waals surface area contributed by atoms with E-state index in [1.165, 1.54) is 24.0 Å². The van der Waals surface area contributed by atoms with E-state index in [1.807, 2.05) is 6.07 Å². The van der Waals surface area contributed by atoms with Crippen molar-refractivity contribution in [1.29, 1.82) is 5.26 Å². The topological polar surface area (TPSA) is 117 Å². The SMILES string of the molecule is CC([C@@H]1OC(=O)N2c3ccc(C#N)cc3OC[C@@H]12)S(=O)(=O)O. The quantitative estimate of drug-likeness (QED) is 0.804. The summed E-state index contributed by atoms with van der Waals surface area (Å²) in [5.41, 5.74) is 0.790. The summed E-state index contributed by atoms with van der Waals surface area (Å²) in [5.74, 6) is 0.354. The number of benzene rings is 1. The molecule has 0 aliphatic carbocycles. The lowest BCUT2D eigenvalue weighted by Crippen LogP contribution is -2.49. The lowest BCUT2D eigenvalue weighted by atomic mass is 10.1. The van der Waals surface area contributed by atoms with Gasteiger partial charge in [-0.1, -0.05) is 0 Å². The van der Waals surface area contributed by atoms with Crippen LogP contribution < -0.4 is 9.64 Å². The normalized spacial score (nSPS) is 24.6. The highest BCUT2D eigenvalue weighted by molar-refractivity contribution is 7.86. The van der Waals surface area contributed by atoms with Gasteiger partial charge in [-0.25, -0.2) is 4.79 Å². The molecule has 1 amide bonds. The number of rotatable bonds is 2. The van der Waals surface area contributed by atoms with Gasteiger partial charge in [0.15, 0.2) is 0 Å². The van der Waals surface area contributed by atoms with Crippen LogP contribution in [0.25, 0.3) is 0 Å². The predicted octanol–water partition coefficient (Wildman–Crippen LogP) is 0.921. The molecule has 0 spiro atoms. The largest absolute Gasteiger partial charge is 0.489 e. The van der Waals surface area contributed by atoms with Gasteiger partial charge in [-0.3, -0.25) is 9.45 Å². The monoisotopic (exact) mass is 324 g/mol. The third-order valence-electron chi connectivity index (χ3n) is 3.83. The average Bonchev–Trinajstić information content (AvgIpc) is 2.82. The molecule has 8 nitrogen and oxygen atoms in total. The molecular weight excluding hydrogens is 312 g/mol. The second kappa shape index (κ2) is 4.86. The van der Waals surface area contributed by atoms with E-state index < -0.39 is 33.6 Å². The number of nitrogens with zero attached hydrogens (tertiary/aromatic N) is 2. The van der Waals surface area contributed by atoms with E-state index >= 15 is 0 Å². The maximum absolute atomic E-state index is 12.1. The number of hydrogen-bond donors (Lipinski definition) is 1. The van der Waals surface area contributed by atoms with E-state index in [4.69, 9.17) is 14.7 Å². The lowest BCUT2D eigenvalue weighted by molar-refractivity contribution is 0.119. The van der Waals surface area contributed by atoms with E-state index in [9.17, 15) is 17.8 Å². The fraction of sp³-hybridized carbons (Fsp3) is 0.385. The molecule has 3 atom stereocenters. The summed E-state index contributed by atoms with van der Waals surface area (Å²) in [6.45, 7) is 1.28. The minimum absolute atomic E-state index is 0.0121. The number of hydrogen-bond acceptors (Lipinski definition) is 6. The number of amides is 1. The Morgan fingerprint density at radius 3 is 2.86 bits per heavy atom. The molecule has 0 bridgehead atoms. The van der Waals surface area contributed by atoms with Crippen LogP contribution in [0.4, 0.5) is 10.5 Å². The van der Waals surface area contributed by atoms with Gasteiger partial charge in [-0.15, -0.1) is 0 Å². The summed E-state index contributed by atoms with van der Waals surface area (Å²) >= 11 is 0. The number of anilines is 1. The van der Waals surface area contributed by atoms with Crippen LogP contribution in [0.5, 0.6) is 5.75 Å². The minimum Gasteiger partial charge on any atom is -0.489 e. The molecule has 1 aromatic carbocycles. The Hall–Kier alpha value is -2.31. The predicted molar refractivity (Wildman–Crippen MR) is 74.2 cm³/mol. The van der Waals surface area contributed by atoms with Crippen LogP contribution in [0.15, 0.2) is 18.2 Å². The Morgan fingerprint density at radius 1 is 1.50 bits per heavy atom. The Kier molecular flexibility index (Phi) is 3.23. The Balaban J connectivity index is 1.99. The molecule has 1 aromatic rings. The van der Waals surface area contributed by atoms with Crippen molar-refractivity contribution < 1.29 is 27.2 Å². The third-order valence-corrected chi connectivity index (χ3v) is 5.04. The number of carbonyl (C=O) groups is 1. The van der Waals surface area contributed by atoms with Crippen LogP contribution in [-0.4, -0.2) is 43.1 Å². The fourth-order valence-corrected chi connectivity index (χ4v) is 3.21. The van der Waals surface area contributed by atoms with E-state index in [0.717, 1.165) is 0 Å². The molecule has 22 heavy (non-hydrogen) atoms. The first-order chi connectivity index (χ1) is 10.3. The molecule has 1 N–H and O–H groups in total. The molecule has 1 saturated heterocycles. The summed E-state index contributed by atoms with van der Waals surface area (Å²) in [4.78, 5) is 13.4. The second-order valence-corrected chi connectivity index (χ2v) is 6.88. The minimum atomic E-state index is -4.35. The molecule has 2 aliphatic heterocycles. The van der Waals surface area contributed by atoms with Crippen LogP contribution in [0, 0.1) is 11.3 Å². The highest BCUT2D eigenvalue weighted by atomic mass is 32.2. The molecule has 1 unspecified atom stereocenters. The van der Waals surface area contributed by atoms with E-state index in [0.29, 0.717) is 17.0 Å². The Labute approximate surface area is 126 Å². The number of cyclic esters (lactones) is 1. The van der Waals surface area contributed by atoms with Gasteiger partial charge >= 0.3 is 6.09 Å². The highest BCUT2D eigenvalue weighted by Crippen LogP contribution is 2.40. The van der Waals surface area contributed by atoms with Gasteiger partial charge in [0.1, 0.15) is 29.8 Å². The zero-order chi connectivity index (χ0) is 16.1. The van der Waals surface area contributed by atoms with Crippen molar-refractivity contribution in [2.75, 3.05) is 11.5 Å². The lowest BCUT2D eigenvalue weighted by Gasteiger charge is -2.32. The standard InChI is InChI=1S/C13H12N2O6S/c1-7(22(17,18)19)12-10-6-20-11-4-8(5-14)2-3-9(11)15(10)13(16)21-12/h2-4,7,10,12H,6H2,1H3,(H,17,18,19)/t7?,10-,12-/m0/s1. The zero-order valence-corrected chi connectivity index (χ0v) is 12.3. The first-order valence-electron chi connectivity index (χ1n) is 6.46. The maximum Gasteiger partial charge on any atom is 0.415 e. The zero-order valence-electron chi connectivity index (χ0n) is 11.5. The molecule has 2 aliphatic rings. The number of nitriles is 1. The van der Waals surface area contributed by atoms with Crippen molar-refractivity contribution in [3.8, 4) is 11.8 Å². The molecule has 0 aromatic heterocycles. The van der Waals surface area contributed by atoms with E-state index in [1.54, 1.807) is 6.07 Å². The van der Waals surface area contributed by atoms with Crippen molar-refractivity contribution in [3.05, 3.63) is 23.8 Å². The smallest absolute Gasteiger partial charge is 0.415 e. The number of ether oxygens (including phenoxy) is 2. The summed E-state index contributed by atoms with van der Waals surface area (Å²) in [5, 5.41) is 7.61. The van der Waals surface area contributed by atoms with Gasteiger partial charge in [0.25, 0.3) is 10.1 Å². The fourth-order valence-electron chi connectivity index (χ4n) is 2.63. The van der Waals surface area contributed by atoms with Crippen molar-refractivity contribution >= 4 is 21.9 Å². The summed E-state index contributed by atoms with van der Waals surface area (Å²) in [7, 11) is -4.35. The number of fused-ring (bicyclic) bond motifs is 3. The molecule has 0 radical (unpaired) electrons. The first kappa shape index (κ1) is 14.6. The van der Waals surface area contributed by atoms with Crippen molar-refractivity contribution in [2.24, 2.45) is 0 Å². The molecule has 1 fully saturated rings. The van der Waals surface area contributed by atoms with E-state index in [-0.39, 0.29) is 6.61 Å². The first-order valence-corrected chi connectivity index (χ1v) is 7.96. The summed E-state index contributed by atoms with van der Waals surface area (Å²) in [6.07, 6.45) is -1.74. The molecular formula is C13H12N2O6S. The van der Waals surface area contributed by atoms with Crippen LogP contribution in [0.1, 0.15) is 12.5 Å². The second-order valence-electron chi connectivity index (χ2n) is 5.11. The van der Waals surface area contributed by atoms with Crippen LogP contribution in [-0.2, 0) is 14.9 Å². The summed E-state index contributed by atoms with van der Waals surface area (Å²) in [6, 6.07) is 5.87. The van der Waals surface area contributed by atoms with Gasteiger partial charge < -0.3 is 9.47 Å². The molecule has 116 valence electrons. The third kappa shape index (κ3) is 2.17. The molecule has 9 heteroatoms. The maximum atomic E-state index is 12.1. The van der Waals surface area contributed by atoms with Gasteiger partial charge in [0.05, 0.1) is 17.3 Å². The van der Waals surface area contributed by atoms with E-state index in [2.05, 4.69) is 0 Å². The van der Waals surface area contributed by atoms with Gasteiger partial charge in [-0.05, 0) is 19.1 Å². The molecule has 0 saturated carbocycles. The molecule has 2 heterocycles. The van der Waals surface area contributed by atoms with Gasteiger partial charge in [-0.2, -0.15) is 13.7 Å². The van der Waals surface area contributed by atoms with Crippen LogP contribution in [0.2, 0.25) is 0 Å². The van der Waals surface area contributed by atoms with Gasteiger partial charge in [0.2, 0.25) is 0 Å². The Morgan fingerprint density at radius 2 is 2.23 bits per heavy atom. The number of carbonyl (C=O) groups excluding carboxylic acids is 1. The van der Waals surface area contributed by atoms with Crippen LogP contribution in [0.3, 0.4) is 0 Å². The van der Waals surface area contributed by atoms with Crippen molar-refractivity contribution in [1.82, 2.24) is 0 Å². The van der Waals surface area contributed by atoms with Crippen molar-refractivity contribution in [2.45, 2.75) is 24.3 Å².